The van der Waals surface area contributed by atoms with E-state index in [1.807, 2.05) is 55.8 Å². The second-order valence-corrected chi connectivity index (χ2v) is 6.41. The molecule has 0 unspecified atom stereocenters. The summed E-state index contributed by atoms with van der Waals surface area (Å²) in [5.74, 6) is 0.945. The van der Waals surface area contributed by atoms with Crippen LogP contribution in [-0.4, -0.2) is 25.0 Å². The van der Waals surface area contributed by atoms with E-state index in [1.54, 1.807) is 6.07 Å². The van der Waals surface area contributed by atoms with Gasteiger partial charge in [0.2, 0.25) is 0 Å². The Morgan fingerprint density at radius 3 is 2.17 bits per heavy atom. The molecular weight excluding hydrogens is 290 g/mol. The molecule has 0 amide bonds. The van der Waals surface area contributed by atoms with Crippen molar-refractivity contribution >= 4 is 0 Å². The Morgan fingerprint density at radius 2 is 1.57 bits per heavy atom. The molecule has 0 aliphatic heterocycles. The molecule has 5 heteroatoms. The minimum Gasteiger partial charge on any atom is -0.504 e. The van der Waals surface area contributed by atoms with Gasteiger partial charge in [0.05, 0.1) is 5.54 Å². The maximum absolute atomic E-state index is 9.77. The van der Waals surface area contributed by atoms with Gasteiger partial charge in [-0.2, -0.15) is 0 Å². The normalized spacial score (nSPS) is 11.6. The van der Waals surface area contributed by atoms with Crippen molar-refractivity contribution in [2.75, 3.05) is 0 Å². The van der Waals surface area contributed by atoms with Crippen LogP contribution in [0.5, 0.6) is 11.5 Å². The van der Waals surface area contributed by atoms with Crippen LogP contribution < -0.4 is 0 Å². The molecule has 3 aromatic rings. The van der Waals surface area contributed by atoms with E-state index >= 15 is 0 Å². The van der Waals surface area contributed by atoms with Gasteiger partial charge in [0.15, 0.2) is 23.1 Å². The van der Waals surface area contributed by atoms with Crippen LogP contribution >= 0.6 is 0 Å². The Kier molecular flexibility index (Phi) is 3.56. The summed E-state index contributed by atoms with van der Waals surface area (Å²) in [6.45, 7) is 6.13. The molecule has 5 nitrogen and oxygen atoms in total. The minimum absolute atomic E-state index is 0.154. The van der Waals surface area contributed by atoms with E-state index in [0.717, 1.165) is 5.56 Å². The summed E-state index contributed by atoms with van der Waals surface area (Å²) in [5.41, 5.74) is 1.35. The summed E-state index contributed by atoms with van der Waals surface area (Å²) in [5, 5.41) is 23.9. The Bertz CT molecular complexity index is 833. The molecule has 0 bridgehead atoms. The lowest BCUT2D eigenvalue weighted by atomic mass is 10.1. The molecule has 0 atom stereocenters. The van der Waals surface area contributed by atoms with E-state index < -0.39 is 0 Å². The molecule has 118 valence electrons. The quantitative estimate of drug-likeness (QED) is 0.707. The van der Waals surface area contributed by atoms with E-state index in [2.05, 4.69) is 10.1 Å². The molecule has 3 rings (SSSR count). The smallest absolute Gasteiger partial charge is 0.181 e. The van der Waals surface area contributed by atoms with Gasteiger partial charge < -0.3 is 10.2 Å². The van der Waals surface area contributed by atoms with E-state index in [0.29, 0.717) is 17.2 Å². The van der Waals surface area contributed by atoms with Crippen molar-refractivity contribution in [3.05, 3.63) is 48.5 Å². The number of rotatable bonds is 2. The predicted molar refractivity (Wildman–Crippen MR) is 89.2 cm³/mol. The lowest BCUT2D eigenvalue weighted by Crippen LogP contribution is -2.24. The van der Waals surface area contributed by atoms with Crippen LogP contribution in [-0.2, 0) is 5.54 Å². The van der Waals surface area contributed by atoms with Crippen LogP contribution in [0.4, 0.5) is 0 Å². The number of benzene rings is 2. The highest BCUT2D eigenvalue weighted by atomic mass is 16.3. The SMILES string of the molecule is CC(C)(C)n1nc(-c2ccccc2)nc1-c1ccc(O)c(O)c1. The molecule has 0 fully saturated rings. The first-order valence-corrected chi connectivity index (χ1v) is 7.41. The van der Waals surface area contributed by atoms with Gasteiger partial charge in [-0.15, -0.1) is 5.10 Å². The zero-order valence-electron chi connectivity index (χ0n) is 13.4. The lowest BCUT2D eigenvalue weighted by molar-refractivity contribution is 0.360. The topological polar surface area (TPSA) is 71.2 Å². The third kappa shape index (κ3) is 2.90. The lowest BCUT2D eigenvalue weighted by Gasteiger charge is -2.21. The van der Waals surface area contributed by atoms with Crippen molar-refractivity contribution in [2.24, 2.45) is 0 Å². The molecule has 0 spiro atoms. The second-order valence-electron chi connectivity index (χ2n) is 6.41. The predicted octanol–water partition coefficient (Wildman–Crippen LogP) is 3.78. The third-order valence-electron chi connectivity index (χ3n) is 3.51. The number of nitrogens with zero attached hydrogens (tertiary/aromatic N) is 3. The fourth-order valence-electron chi connectivity index (χ4n) is 2.34. The fourth-order valence-corrected chi connectivity index (χ4v) is 2.34. The highest BCUT2D eigenvalue weighted by molar-refractivity contribution is 5.64. The van der Waals surface area contributed by atoms with Crippen LogP contribution in [0.2, 0.25) is 0 Å². The number of hydrogen-bond donors (Lipinski definition) is 2. The molecule has 0 radical (unpaired) electrons. The van der Waals surface area contributed by atoms with Gasteiger partial charge in [0.25, 0.3) is 0 Å². The van der Waals surface area contributed by atoms with Crippen LogP contribution in [0.25, 0.3) is 22.8 Å². The summed E-state index contributed by atoms with van der Waals surface area (Å²) in [7, 11) is 0. The monoisotopic (exact) mass is 309 g/mol. The van der Waals surface area contributed by atoms with Crippen LogP contribution in [0, 0.1) is 0 Å². The average molecular weight is 309 g/mol. The van der Waals surface area contributed by atoms with E-state index in [9.17, 15) is 10.2 Å². The zero-order valence-corrected chi connectivity index (χ0v) is 13.4. The molecule has 2 N–H and O–H groups in total. The van der Waals surface area contributed by atoms with Crippen LogP contribution in [0.3, 0.4) is 0 Å². The molecule has 1 heterocycles. The number of aromatic hydroxyl groups is 2. The highest BCUT2D eigenvalue weighted by Crippen LogP contribution is 2.32. The molecular formula is C18H19N3O2. The van der Waals surface area contributed by atoms with Crippen LogP contribution in [0.1, 0.15) is 20.8 Å². The number of hydrogen-bond acceptors (Lipinski definition) is 4. The molecule has 23 heavy (non-hydrogen) atoms. The van der Waals surface area contributed by atoms with Crippen molar-refractivity contribution in [3.63, 3.8) is 0 Å². The Balaban J connectivity index is 2.18. The molecule has 0 aliphatic carbocycles. The van der Waals surface area contributed by atoms with Gasteiger partial charge in [-0.3, -0.25) is 0 Å². The average Bonchev–Trinajstić information content (AvgIpc) is 2.96. The van der Waals surface area contributed by atoms with Crippen LogP contribution in [0.15, 0.2) is 48.5 Å². The van der Waals surface area contributed by atoms with Crippen molar-refractivity contribution in [2.45, 2.75) is 26.3 Å². The van der Waals surface area contributed by atoms with Gasteiger partial charge >= 0.3 is 0 Å². The maximum Gasteiger partial charge on any atom is 0.181 e. The summed E-state index contributed by atoms with van der Waals surface area (Å²) in [6.07, 6.45) is 0. The molecule has 0 saturated carbocycles. The van der Waals surface area contributed by atoms with Gasteiger partial charge in [-0.25, -0.2) is 9.67 Å². The van der Waals surface area contributed by atoms with Crippen molar-refractivity contribution in [1.82, 2.24) is 14.8 Å². The number of phenols is 2. The number of aromatic nitrogens is 3. The summed E-state index contributed by atoms with van der Waals surface area (Å²) in [6, 6.07) is 14.4. The van der Waals surface area contributed by atoms with Gasteiger partial charge in [-0.1, -0.05) is 30.3 Å². The molecule has 0 aliphatic rings. The maximum atomic E-state index is 9.77. The fraction of sp³-hybridized carbons (Fsp3) is 0.222. The molecule has 1 aromatic heterocycles. The van der Waals surface area contributed by atoms with Gasteiger partial charge in [0, 0.05) is 11.1 Å². The largest absolute Gasteiger partial charge is 0.504 e. The minimum atomic E-state index is -0.275. The van der Waals surface area contributed by atoms with Crippen molar-refractivity contribution in [3.8, 4) is 34.3 Å². The van der Waals surface area contributed by atoms with Gasteiger partial charge in [-0.05, 0) is 39.0 Å². The summed E-state index contributed by atoms with van der Waals surface area (Å²) in [4.78, 5) is 4.65. The standard InChI is InChI=1S/C18H19N3O2/c1-18(2,3)21-17(13-9-10-14(22)15(23)11-13)19-16(20-21)12-7-5-4-6-8-12/h4-11,22-23H,1-3H3. The van der Waals surface area contributed by atoms with Crippen molar-refractivity contribution in [1.29, 1.82) is 0 Å². The summed E-state index contributed by atoms with van der Waals surface area (Å²) >= 11 is 0. The third-order valence-corrected chi connectivity index (χ3v) is 3.51. The first-order valence-electron chi connectivity index (χ1n) is 7.41. The Morgan fingerprint density at radius 1 is 0.870 bits per heavy atom. The number of phenolic OH excluding ortho intramolecular Hbond substituents is 2. The van der Waals surface area contributed by atoms with E-state index in [4.69, 9.17) is 0 Å². The second kappa shape index (κ2) is 5.43. The van der Waals surface area contributed by atoms with Gasteiger partial charge in [0.1, 0.15) is 0 Å². The first-order chi connectivity index (χ1) is 10.9. The Hall–Kier alpha value is -2.82. The zero-order chi connectivity index (χ0) is 16.6. The highest BCUT2D eigenvalue weighted by Gasteiger charge is 2.23. The van der Waals surface area contributed by atoms with E-state index in [-0.39, 0.29) is 17.0 Å². The summed E-state index contributed by atoms with van der Waals surface area (Å²) < 4.78 is 1.83. The molecule has 2 aromatic carbocycles. The first kappa shape index (κ1) is 15.1. The molecule has 0 saturated heterocycles. The van der Waals surface area contributed by atoms with Crippen molar-refractivity contribution < 1.29 is 10.2 Å². The Labute approximate surface area is 134 Å². The van der Waals surface area contributed by atoms with E-state index in [1.165, 1.54) is 12.1 Å².